The number of nitrogens with zero attached hydrogens (tertiary/aromatic N) is 1. The van der Waals surface area contributed by atoms with Gasteiger partial charge in [-0.25, -0.2) is 0 Å². The van der Waals surface area contributed by atoms with Gasteiger partial charge in [-0.15, -0.1) is 11.8 Å². The summed E-state index contributed by atoms with van der Waals surface area (Å²) in [6, 6.07) is 15.8. The molecule has 0 aliphatic heterocycles. The van der Waals surface area contributed by atoms with Gasteiger partial charge in [0, 0.05) is 22.7 Å². The molecule has 0 aliphatic carbocycles. The molecular weight excluding hydrogens is 266 g/mol. The Morgan fingerprint density at radius 1 is 1.15 bits per heavy atom. The highest BCUT2D eigenvalue weighted by molar-refractivity contribution is 7.98. The minimum Gasteiger partial charge on any atom is -0.309 e. The molecule has 104 valence electrons. The van der Waals surface area contributed by atoms with Crippen LogP contribution < -0.4 is 4.90 Å². The van der Waals surface area contributed by atoms with E-state index in [-0.39, 0.29) is 5.91 Å². The summed E-state index contributed by atoms with van der Waals surface area (Å²) in [5.41, 5.74) is 2.73. The van der Waals surface area contributed by atoms with E-state index in [4.69, 9.17) is 0 Å². The molecule has 0 aromatic heterocycles. The van der Waals surface area contributed by atoms with E-state index in [2.05, 4.69) is 6.07 Å². The van der Waals surface area contributed by atoms with E-state index >= 15 is 0 Å². The zero-order chi connectivity index (χ0) is 14.5. The van der Waals surface area contributed by atoms with Crippen molar-refractivity contribution in [3.05, 3.63) is 59.7 Å². The summed E-state index contributed by atoms with van der Waals surface area (Å²) in [6.45, 7) is 4.64. The number of benzene rings is 2. The van der Waals surface area contributed by atoms with E-state index in [1.54, 1.807) is 11.8 Å². The Labute approximate surface area is 124 Å². The first-order valence-corrected chi connectivity index (χ1v) is 7.91. The van der Waals surface area contributed by atoms with Gasteiger partial charge in [-0.3, -0.25) is 4.79 Å². The lowest BCUT2D eigenvalue weighted by atomic mass is 10.1. The van der Waals surface area contributed by atoms with Crippen LogP contribution in [0.3, 0.4) is 0 Å². The number of rotatable bonds is 4. The van der Waals surface area contributed by atoms with Crippen molar-refractivity contribution in [2.75, 3.05) is 17.7 Å². The molecule has 0 unspecified atom stereocenters. The van der Waals surface area contributed by atoms with Crippen molar-refractivity contribution in [3.63, 3.8) is 0 Å². The first kappa shape index (κ1) is 14.7. The molecule has 0 heterocycles. The average molecular weight is 285 g/mol. The predicted molar refractivity (Wildman–Crippen MR) is 86.8 cm³/mol. The molecule has 0 aliphatic rings. The van der Waals surface area contributed by atoms with Crippen LogP contribution in [0.25, 0.3) is 0 Å². The summed E-state index contributed by atoms with van der Waals surface area (Å²) < 4.78 is 0. The van der Waals surface area contributed by atoms with Crippen LogP contribution in [0, 0.1) is 6.92 Å². The fourth-order valence-electron chi connectivity index (χ4n) is 2.16. The molecule has 0 N–H and O–H groups in total. The van der Waals surface area contributed by atoms with Crippen LogP contribution in [-0.2, 0) is 0 Å². The fraction of sp³-hybridized carbons (Fsp3) is 0.235. The molecule has 0 spiro atoms. The standard InChI is InChI=1S/C17H19NOS/c1-4-18(14-8-6-5-7-9-14)17(19)16-12-15(20-3)11-10-13(16)2/h5-12H,4H2,1-3H3. The van der Waals surface area contributed by atoms with Gasteiger partial charge < -0.3 is 4.90 Å². The number of para-hydroxylation sites is 1. The molecule has 2 nitrogen and oxygen atoms in total. The molecule has 1 amide bonds. The van der Waals surface area contributed by atoms with Gasteiger partial charge in [0.1, 0.15) is 0 Å². The predicted octanol–water partition coefficient (Wildman–Crippen LogP) is 4.38. The van der Waals surface area contributed by atoms with Gasteiger partial charge in [-0.05, 0) is 49.9 Å². The van der Waals surface area contributed by atoms with Crippen molar-refractivity contribution >= 4 is 23.4 Å². The van der Waals surface area contributed by atoms with Gasteiger partial charge in [0.15, 0.2) is 0 Å². The number of carbonyl (C=O) groups excluding carboxylic acids is 1. The summed E-state index contributed by atoms with van der Waals surface area (Å²) in [5, 5.41) is 0. The third-order valence-corrected chi connectivity index (χ3v) is 4.03. The van der Waals surface area contributed by atoms with Crippen molar-refractivity contribution in [2.45, 2.75) is 18.7 Å². The van der Waals surface area contributed by atoms with Crippen molar-refractivity contribution < 1.29 is 4.79 Å². The zero-order valence-corrected chi connectivity index (χ0v) is 12.9. The largest absolute Gasteiger partial charge is 0.309 e. The second-order valence-corrected chi connectivity index (χ2v) is 5.45. The van der Waals surface area contributed by atoms with Crippen LogP contribution in [0.2, 0.25) is 0 Å². The maximum Gasteiger partial charge on any atom is 0.258 e. The molecule has 0 atom stereocenters. The summed E-state index contributed by atoms with van der Waals surface area (Å²) in [4.78, 5) is 15.7. The van der Waals surface area contributed by atoms with Crippen LogP contribution in [0.15, 0.2) is 53.4 Å². The lowest BCUT2D eigenvalue weighted by Gasteiger charge is -2.22. The molecule has 3 heteroatoms. The molecule has 20 heavy (non-hydrogen) atoms. The maximum absolute atomic E-state index is 12.8. The first-order valence-electron chi connectivity index (χ1n) is 6.69. The SMILES string of the molecule is CCN(C(=O)c1cc(SC)ccc1C)c1ccccc1. The Morgan fingerprint density at radius 3 is 2.45 bits per heavy atom. The van der Waals surface area contributed by atoms with Gasteiger partial charge in [0.2, 0.25) is 0 Å². The second-order valence-electron chi connectivity index (χ2n) is 4.57. The van der Waals surface area contributed by atoms with Crippen molar-refractivity contribution in [3.8, 4) is 0 Å². The number of hydrogen-bond donors (Lipinski definition) is 0. The van der Waals surface area contributed by atoms with E-state index in [0.29, 0.717) is 6.54 Å². The first-order chi connectivity index (χ1) is 9.67. The smallest absolute Gasteiger partial charge is 0.258 e. The molecule has 0 saturated heterocycles. The summed E-state index contributed by atoms with van der Waals surface area (Å²) in [5.74, 6) is 0.0621. The number of hydrogen-bond acceptors (Lipinski definition) is 2. The Bertz CT molecular complexity index is 595. The topological polar surface area (TPSA) is 20.3 Å². The minimum atomic E-state index is 0.0621. The molecule has 0 saturated carbocycles. The third-order valence-electron chi connectivity index (χ3n) is 3.30. The average Bonchev–Trinajstić information content (AvgIpc) is 2.49. The monoisotopic (exact) mass is 285 g/mol. The molecule has 2 aromatic carbocycles. The highest BCUT2D eigenvalue weighted by Crippen LogP contribution is 2.23. The Morgan fingerprint density at radius 2 is 1.85 bits per heavy atom. The van der Waals surface area contributed by atoms with E-state index in [1.165, 1.54) is 0 Å². The minimum absolute atomic E-state index is 0.0621. The number of carbonyl (C=O) groups is 1. The quantitative estimate of drug-likeness (QED) is 0.777. The zero-order valence-electron chi connectivity index (χ0n) is 12.1. The number of thioether (sulfide) groups is 1. The van der Waals surface area contributed by atoms with Crippen LogP contribution in [0.1, 0.15) is 22.8 Å². The van der Waals surface area contributed by atoms with Crippen molar-refractivity contribution in [1.29, 1.82) is 0 Å². The normalized spacial score (nSPS) is 10.3. The van der Waals surface area contributed by atoms with E-state index in [0.717, 1.165) is 21.7 Å². The number of anilines is 1. The van der Waals surface area contributed by atoms with E-state index in [9.17, 15) is 4.79 Å². The Balaban J connectivity index is 2.39. The summed E-state index contributed by atoms with van der Waals surface area (Å²) in [6.07, 6.45) is 2.02. The van der Waals surface area contributed by atoms with Gasteiger partial charge in [-0.1, -0.05) is 24.3 Å². The number of amides is 1. The second kappa shape index (κ2) is 6.62. The molecule has 0 radical (unpaired) electrons. The van der Waals surface area contributed by atoms with Crippen molar-refractivity contribution in [1.82, 2.24) is 0 Å². The molecule has 0 fully saturated rings. The molecule has 2 aromatic rings. The van der Waals surface area contributed by atoms with Gasteiger partial charge in [0.25, 0.3) is 5.91 Å². The maximum atomic E-state index is 12.8. The molecular formula is C17H19NOS. The van der Waals surface area contributed by atoms with Gasteiger partial charge in [-0.2, -0.15) is 0 Å². The van der Waals surface area contributed by atoms with Crippen LogP contribution >= 0.6 is 11.8 Å². The van der Waals surface area contributed by atoms with Crippen molar-refractivity contribution in [2.24, 2.45) is 0 Å². The van der Waals surface area contributed by atoms with Crippen LogP contribution in [0.5, 0.6) is 0 Å². The Kier molecular flexibility index (Phi) is 4.85. The van der Waals surface area contributed by atoms with Gasteiger partial charge >= 0.3 is 0 Å². The summed E-state index contributed by atoms with van der Waals surface area (Å²) >= 11 is 1.65. The lowest BCUT2D eigenvalue weighted by Crippen LogP contribution is -2.31. The van der Waals surface area contributed by atoms with Gasteiger partial charge in [0.05, 0.1) is 0 Å². The van der Waals surface area contributed by atoms with Crippen LogP contribution in [0.4, 0.5) is 5.69 Å². The highest BCUT2D eigenvalue weighted by Gasteiger charge is 2.18. The highest BCUT2D eigenvalue weighted by atomic mass is 32.2. The fourth-order valence-corrected chi connectivity index (χ4v) is 2.60. The third kappa shape index (κ3) is 3.05. The summed E-state index contributed by atoms with van der Waals surface area (Å²) in [7, 11) is 0. The van der Waals surface area contributed by atoms with Crippen LogP contribution in [-0.4, -0.2) is 18.7 Å². The number of aryl methyl sites for hydroxylation is 1. The Hall–Kier alpha value is -1.74. The lowest BCUT2D eigenvalue weighted by molar-refractivity contribution is 0.0987. The molecule has 0 bridgehead atoms. The van der Waals surface area contributed by atoms with E-state index < -0.39 is 0 Å². The van der Waals surface area contributed by atoms with E-state index in [1.807, 2.05) is 67.5 Å². The molecule has 2 rings (SSSR count).